The minimum Gasteiger partial charge on any atom is -0.306 e. The maximum absolute atomic E-state index is 3.33. The predicted octanol–water partition coefficient (Wildman–Crippen LogP) is 2.93. The highest BCUT2D eigenvalue weighted by molar-refractivity contribution is 7.09. The van der Waals surface area contributed by atoms with Crippen molar-refractivity contribution in [2.75, 3.05) is 13.1 Å². The molecule has 0 aliphatic heterocycles. The fourth-order valence-corrected chi connectivity index (χ4v) is 2.19. The summed E-state index contributed by atoms with van der Waals surface area (Å²) in [5.41, 5.74) is 1.08. The number of nitrogens with one attached hydrogen (secondary N) is 1. The fourth-order valence-electron chi connectivity index (χ4n) is 1.49. The zero-order chi connectivity index (χ0) is 11.8. The first-order chi connectivity index (χ1) is 8.45. The number of hydrogen-bond acceptors (Lipinski definition) is 2. The Hall–Kier alpha value is -1.56. The Kier molecular flexibility index (Phi) is 4.84. The second-order valence-electron chi connectivity index (χ2n) is 3.67. The molecular weight excluding hydrogens is 226 g/mol. The molecule has 0 unspecified atom stereocenters. The summed E-state index contributed by atoms with van der Waals surface area (Å²) in [5, 5.41) is 5.44. The van der Waals surface area contributed by atoms with Crippen molar-refractivity contribution in [2.45, 2.75) is 6.42 Å². The van der Waals surface area contributed by atoms with Gasteiger partial charge in [-0.05, 0) is 30.0 Å². The molecule has 2 rings (SSSR count). The van der Waals surface area contributed by atoms with Crippen molar-refractivity contribution in [1.82, 2.24) is 5.32 Å². The summed E-state index contributed by atoms with van der Waals surface area (Å²) in [4.78, 5) is 1.42. The van der Waals surface area contributed by atoms with Gasteiger partial charge in [0.15, 0.2) is 0 Å². The van der Waals surface area contributed by atoms with E-state index in [-0.39, 0.29) is 0 Å². The first kappa shape index (κ1) is 11.9. The molecule has 0 bridgehead atoms. The Balaban J connectivity index is 1.65. The molecule has 0 atom stereocenters. The van der Waals surface area contributed by atoms with Crippen molar-refractivity contribution in [1.29, 1.82) is 0 Å². The average molecular weight is 241 g/mol. The topological polar surface area (TPSA) is 12.0 Å². The molecule has 1 aromatic heterocycles. The molecule has 1 nitrogen and oxygen atoms in total. The summed E-state index contributed by atoms with van der Waals surface area (Å²) in [6.45, 7) is 1.74. The third-order valence-electron chi connectivity index (χ3n) is 2.35. The third-order valence-corrected chi connectivity index (χ3v) is 3.28. The van der Waals surface area contributed by atoms with Crippen LogP contribution in [-0.2, 0) is 6.42 Å². The Morgan fingerprint density at radius 2 is 1.94 bits per heavy atom. The van der Waals surface area contributed by atoms with E-state index in [4.69, 9.17) is 0 Å². The largest absolute Gasteiger partial charge is 0.306 e. The molecule has 0 spiro atoms. The zero-order valence-electron chi connectivity index (χ0n) is 9.65. The van der Waals surface area contributed by atoms with Gasteiger partial charge in [-0.3, -0.25) is 0 Å². The zero-order valence-corrected chi connectivity index (χ0v) is 10.5. The van der Waals surface area contributed by atoms with Crippen molar-refractivity contribution >= 4 is 11.3 Å². The Morgan fingerprint density at radius 1 is 1.06 bits per heavy atom. The van der Waals surface area contributed by atoms with Crippen LogP contribution in [0.5, 0.6) is 0 Å². The van der Waals surface area contributed by atoms with Crippen LogP contribution in [0.2, 0.25) is 0 Å². The molecule has 2 aromatic rings. The molecule has 1 heterocycles. The van der Waals surface area contributed by atoms with Crippen LogP contribution in [0, 0.1) is 11.8 Å². The van der Waals surface area contributed by atoms with Crippen LogP contribution in [0.3, 0.4) is 0 Å². The number of rotatable bonds is 4. The van der Waals surface area contributed by atoms with E-state index in [0.717, 1.165) is 25.1 Å². The fraction of sp³-hybridized carbons (Fsp3) is 0.200. The summed E-state index contributed by atoms with van der Waals surface area (Å²) in [6.07, 6.45) is 1.09. The van der Waals surface area contributed by atoms with Gasteiger partial charge in [0, 0.05) is 17.0 Å². The van der Waals surface area contributed by atoms with E-state index in [9.17, 15) is 0 Å². The van der Waals surface area contributed by atoms with E-state index >= 15 is 0 Å². The summed E-state index contributed by atoms with van der Waals surface area (Å²) in [7, 11) is 0. The molecule has 17 heavy (non-hydrogen) atoms. The van der Waals surface area contributed by atoms with E-state index in [1.807, 2.05) is 41.7 Å². The maximum atomic E-state index is 3.33. The molecule has 0 fully saturated rings. The minimum absolute atomic E-state index is 0.750. The second kappa shape index (κ2) is 6.90. The van der Waals surface area contributed by atoms with Crippen molar-refractivity contribution in [2.24, 2.45) is 0 Å². The van der Waals surface area contributed by atoms with Gasteiger partial charge in [-0.2, -0.15) is 0 Å². The second-order valence-corrected chi connectivity index (χ2v) is 4.71. The number of thiophene rings is 1. The molecule has 2 heteroatoms. The van der Waals surface area contributed by atoms with Crippen molar-refractivity contribution < 1.29 is 0 Å². The molecule has 0 aliphatic rings. The molecule has 1 N–H and O–H groups in total. The summed E-state index contributed by atoms with van der Waals surface area (Å²) in [6, 6.07) is 14.3. The average Bonchev–Trinajstić information content (AvgIpc) is 2.88. The monoisotopic (exact) mass is 241 g/mol. The lowest BCUT2D eigenvalue weighted by molar-refractivity contribution is 0.759. The highest BCUT2D eigenvalue weighted by Crippen LogP contribution is 2.07. The molecule has 0 amide bonds. The van der Waals surface area contributed by atoms with Gasteiger partial charge in [0.05, 0.1) is 6.54 Å². The molecule has 0 saturated carbocycles. The van der Waals surface area contributed by atoms with Crippen LogP contribution in [-0.4, -0.2) is 13.1 Å². The third kappa shape index (κ3) is 4.44. The van der Waals surface area contributed by atoms with Gasteiger partial charge in [0.1, 0.15) is 0 Å². The Morgan fingerprint density at radius 3 is 2.71 bits per heavy atom. The lowest BCUT2D eigenvalue weighted by Crippen LogP contribution is -2.16. The van der Waals surface area contributed by atoms with Crippen LogP contribution < -0.4 is 5.32 Å². The predicted molar refractivity (Wildman–Crippen MR) is 74.2 cm³/mol. The van der Waals surface area contributed by atoms with Crippen LogP contribution in [0.4, 0.5) is 0 Å². The van der Waals surface area contributed by atoms with Gasteiger partial charge >= 0.3 is 0 Å². The van der Waals surface area contributed by atoms with Gasteiger partial charge in [0.25, 0.3) is 0 Å². The standard InChI is InChI=1S/C15H15NS/c1-2-6-14(7-3-1)8-4-11-16-12-10-15-9-5-13-17-15/h1-3,5-7,9,13,16H,10-12H2. The summed E-state index contributed by atoms with van der Waals surface area (Å²) < 4.78 is 0. The van der Waals surface area contributed by atoms with E-state index < -0.39 is 0 Å². The molecule has 1 aromatic carbocycles. The lowest BCUT2D eigenvalue weighted by Gasteiger charge is -1.97. The highest BCUT2D eigenvalue weighted by atomic mass is 32.1. The van der Waals surface area contributed by atoms with E-state index in [1.54, 1.807) is 0 Å². The van der Waals surface area contributed by atoms with Crippen molar-refractivity contribution in [3.8, 4) is 11.8 Å². The Bertz CT molecular complexity index is 477. The normalized spacial score (nSPS) is 9.65. The SMILES string of the molecule is C(#Cc1ccccc1)CNCCc1cccs1. The smallest absolute Gasteiger partial charge is 0.0580 e. The number of hydrogen-bond donors (Lipinski definition) is 1. The van der Waals surface area contributed by atoms with E-state index in [1.165, 1.54) is 4.88 Å². The van der Waals surface area contributed by atoms with Crippen LogP contribution in [0.25, 0.3) is 0 Å². The van der Waals surface area contributed by atoms with Gasteiger partial charge in [-0.1, -0.05) is 36.1 Å². The van der Waals surface area contributed by atoms with Gasteiger partial charge in [0.2, 0.25) is 0 Å². The lowest BCUT2D eigenvalue weighted by atomic mass is 10.2. The van der Waals surface area contributed by atoms with Gasteiger partial charge in [-0.25, -0.2) is 0 Å². The van der Waals surface area contributed by atoms with E-state index in [0.29, 0.717) is 0 Å². The summed E-state index contributed by atoms with van der Waals surface area (Å²) >= 11 is 1.81. The van der Waals surface area contributed by atoms with E-state index in [2.05, 4.69) is 34.7 Å². The van der Waals surface area contributed by atoms with Gasteiger partial charge < -0.3 is 5.32 Å². The molecule has 0 saturated heterocycles. The minimum atomic E-state index is 0.750. The molecular formula is C15H15NS. The van der Waals surface area contributed by atoms with Crippen LogP contribution in [0.15, 0.2) is 47.8 Å². The number of benzene rings is 1. The molecule has 0 aliphatic carbocycles. The molecule has 0 radical (unpaired) electrons. The first-order valence-electron chi connectivity index (χ1n) is 5.72. The summed E-state index contributed by atoms with van der Waals surface area (Å²) in [5.74, 6) is 6.25. The highest BCUT2D eigenvalue weighted by Gasteiger charge is 1.91. The van der Waals surface area contributed by atoms with Crippen molar-refractivity contribution in [3.63, 3.8) is 0 Å². The van der Waals surface area contributed by atoms with Crippen LogP contribution in [0.1, 0.15) is 10.4 Å². The quantitative estimate of drug-likeness (QED) is 0.641. The molecule has 86 valence electrons. The Labute approximate surface area is 107 Å². The maximum Gasteiger partial charge on any atom is 0.0580 e. The van der Waals surface area contributed by atoms with Crippen molar-refractivity contribution in [3.05, 3.63) is 58.3 Å². The van der Waals surface area contributed by atoms with Crippen LogP contribution >= 0.6 is 11.3 Å². The first-order valence-corrected chi connectivity index (χ1v) is 6.60. The van der Waals surface area contributed by atoms with Gasteiger partial charge in [-0.15, -0.1) is 11.3 Å².